The predicted octanol–water partition coefficient (Wildman–Crippen LogP) is 3.76. The summed E-state index contributed by atoms with van der Waals surface area (Å²) in [6, 6.07) is 13.2. The minimum absolute atomic E-state index is 0.129. The molecule has 188 valence electrons. The molecule has 1 fully saturated rings. The standard InChI is InChI=1S/C26H28N4O4S2/c1-29(2)26-28-22(23(36-26)16-6-4-7-17(14-16)33-3)25(32)30-11-13-35-21(30)15-27-24(31)19-8-5-9-20-18(19)10-12-34-20/h4-9,14,21H,10-13,15H2,1-3H3,(H,27,31). The van der Waals surface area contributed by atoms with Crippen LogP contribution in [0.3, 0.4) is 0 Å². The van der Waals surface area contributed by atoms with Crippen LogP contribution < -0.4 is 19.7 Å². The maximum atomic E-state index is 13.8. The highest BCUT2D eigenvalue weighted by Crippen LogP contribution is 2.37. The van der Waals surface area contributed by atoms with Crippen molar-refractivity contribution in [2.24, 2.45) is 0 Å². The van der Waals surface area contributed by atoms with E-state index in [-0.39, 0.29) is 17.2 Å². The van der Waals surface area contributed by atoms with E-state index in [1.807, 2.05) is 66.4 Å². The maximum Gasteiger partial charge on any atom is 0.275 e. The smallest absolute Gasteiger partial charge is 0.275 e. The lowest BCUT2D eigenvalue weighted by molar-refractivity contribution is 0.0747. The van der Waals surface area contributed by atoms with Gasteiger partial charge in [0.1, 0.15) is 17.2 Å². The number of benzene rings is 2. The number of fused-ring (bicyclic) bond motifs is 1. The number of carbonyl (C=O) groups is 2. The van der Waals surface area contributed by atoms with E-state index in [4.69, 9.17) is 14.5 Å². The maximum absolute atomic E-state index is 13.8. The van der Waals surface area contributed by atoms with Crippen LogP contribution in [0, 0.1) is 0 Å². The molecule has 10 heteroatoms. The van der Waals surface area contributed by atoms with Gasteiger partial charge in [-0.05, 0) is 29.8 Å². The van der Waals surface area contributed by atoms with E-state index in [1.165, 1.54) is 11.3 Å². The molecule has 2 aliphatic heterocycles. The molecular weight excluding hydrogens is 496 g/mol. The number of hydrogen-bond donors (Lipinski definition) is 1. The third-order valence-electron chi connectivity index (χ3n) is 6.21. The first-order valence-corrected chi connectivity index (χ1v) is 13.6. The van der Waals surface area contributed by atoms with Crippen LogP contribution >= 0.6 is 23.1 Å². The van der Waals surface area contributed by atoms with Crippen LogP contribution in [0.5, 0.6) is 11.5 Å². The number of hydrogen-bond acceptors (Lipinski definition) is 8. The summed E-state index contributed by atoms with van der Waals surface area (Å²) in [6.45, 7) is 1.56. The Morgan fingerprint density at radius 2 is 2.08 bits per heavy atom. The summed E-state index contributed by atoms with van der Waals surface area (Å²) >= 11 is 3.15. The molecule has 8 nitrogen and oxygen atoms in total. The number of thioether (sulfide) groups is 1. The Balaban J connectivity index is 1.36. The van der Waals surface area contributed by atoms with Gasteiger partial charge in [0.25, 0.3) is 11.8 Å². The Bertz CT molecular complexity index is 1290. The van der Waals surface area contributed by atoms with Crippen LogP contribution in [0.4, 0.5) is 5.13 Å². The third kappa shape index (κ3) is 4.75. The minimum Gasteiger partial charge on any atom is -0.497 e. The molecule has 2 aromatic carbocycles. The fourth-order valence-electron chi connectivity index (χ4n) is 4.37. The number of carbonyl (C=O) groups excluding carboxylic acids is 2. The summed E-state index contributed by atoms with van der Waals surface area (Å²) in [4.78, 5) is 36.0. The number of rotatable bonds is 7. The second-order valence-electron chi connectivity index (χ2n) is 8.72. The summed E-state index contributed by atoms with van der Waals surface area (Å²) in [5.41, 5.74) is 2.90. The van der Waals surface area contributed by atoms with E-state index in [9.17, 15) is 9.59 Å². The van der Waals surface area contributed by atoms with Crippen molar-refractivity contribution in [1.29, 1.82) is 0 Å². The van der Waals surface area contributed by atoms with Gasteiger partial charge in [0.15, 0.2) is 5.13 Å². The van der Waals surface area contributed by atoms with Crippen LogP contribution in [0.15, 0.2) is 42.5 Å². The van der Waals surface area contributed by atoms with Gasteiger partial charge in [-0.25, -0.2) is 4.98 Å². The Morgan fingerprint density at radius 3 is 2.89 bits per heavy atom. The number of aromatic nitrogens is 1. The third-order valence-corrected chi connectivity index (χ3v) is 8.70. The fraction of sp³-hybridized carbons (Fsp3) is 0.346. The van der Waals surface area contributed by atoms with Gasteiger partial charge in [-0.15, -0.1) is 11.8 Å². The first-order chi connectivity index (χ1) is 17.5. The zero-order valence-electron chi connectivity index (χ0n) is 20.4. The van der Waals surface area contributed by atoms with Crippen molar-refractivity contribution < 1.29 is 19.1 Å². The topological polar surface area (TPSA) is 84.0 Å². The number of amides is 2. The normalized spacial score (nSPS) is 16.4. The van der Waals surface area contributed by atoms with Crippen molar-refractivity contribution in [3.05, 3.63) is 59.3 Å². The molecule has 0 aliphatic carbocycles. The second-order valence-corrected chi connectivity index (χ2v) is 11.0. The van der Waals surface area contributed by atoms with E-state index < -0.39 is 0 Å². The number of nitrogens with one attached hydrogen (secondary N) is 1. The van der Waals surface area contributed by atoms with E-state index in [0.29, 0.717) is 31.0 Å². The van der Waals surface area contributed by atoms with Gasteiger partial charge in [0, 0.05) is 50.5 Å². The van der Waals surface area contributed by atoms with Gasteiger partial charge in [0.2, 0.25) is 0 Å². The highest BCUT2D eigenvalue weighted by atomic mass is 32.2. The molecule has 0 bridgehead atoms. The molecule has 0 spiro atoms. The molecule has 36 heavy (non-hydrogen) atoms. The highest BCUT2D eigenvalue weighted by molar-refractivity contribution is 8.00. The molecule has 0 saturated carbocycles. The molecule has 2 amide bonds. The van der Waals surface area contributed by atoms with Gasteiger partial charge in [-0.3, -0.25) is 9.59 Å². The SMILES string of the molecule is COc1cccc(-c2sc(N(C)C)nc2C(=O)N2CCSC2CNC(=O)c2cccc3c2CCO3)c1. The monoisotopic (exact) mass is 524 g/mol. The summed E-state index contributed by atoms with van der Waals surface area (Å²) in [5, 5.41) is 3.63. The van der Waals surface area contributed by atoms with E-state index >= 15 is 0 Å². The van der Waals surface area contributed by atoms with Gasteiger partial charge < -0.3 is 24.6 Å². The molecule has 1 saturated heterocycles. The zero-order chi connectivity index (χ0) is 25.2. The second kappa shape index (κ2) is 10.4. The van der Waals surface area contributed by atoms with E-state index in [2.05, 4.69) is 5.32 Å². The van der Waals surface area contributed by atoms with E-state index in [1.54, 1.807) is 18.9 Å². The lowest BCUT2D eigenvalue weighted by atomic mass is 10.0. The molecule has 2 aliphatic rings. The zero-order valence-corrected chi connectivity index (χ0v) is 22.1. The number of nitrogens with zero attached hydrogens (tertiary/aromatic N) is 3. The molecule has 0 radical (unpaired) electrons. The van der Waals surface area contributed by atoms with Crippen LogP contribution in [0.25, 0.3) is 10.4 Å². The predicted molar refractivity (Wildman–Crippen MR) is 144 cm³/mol. The van der Waals surface area contributed by atoms with Crippen molar-refractivity contribution in [3.63, 3.8) is 0 Å². The number of methoxy groups -OCH3 is 1. The Labute approximate surface area is 218 Å². The van der Waals surface area contributed by atoms with Crippen LogP contribution in [-0.4, -0.2) is 73.7 Å². The van der Waals surface area contributed by atoms with Crippen molar-refractivity contribution >= 4 is 40.0 Å². The summed E-state index contributed by atoms with van der Waals surface area (Å²) in [7, 11) is 5.45. The Hall–Kier alpha value is -3.24. The van der Waals surface area contributed by atoms with Gasteiger partial charge in [-0.1, -0.05) is 29.5 Å². The molecule has 1 N–H and O–H groups in total. The van der Waals surface area contributed by atoms with Gasteiger partial charge in [0.05, 0.1) is 24.0 Å². The van der Waals surface area contributed by atoms with Crippen molar-refractivity contribution in [3.8, 4) is 21.9 Å². The average Bonchev–Trinajstić information content (AvgIpc) is 3.65. The Morgan fingerprint density at radius 1 is 1.25 bits per heavy atom. The Kier molecular flexibility index (Phi) is 7.06. The summed E-state index contributed by atoms with van der Waals surface area (Å²) in [6.07, 6.45) is 0.729. The number of anilines is 1. The van der Waals surface area contributed by atoms with Gasteiger partial charge >= 0.3 is 0 Å². The van der Waals surface area contributed by atoms with Crippen molar-refractivity contribution in [1.82, 2.24) is 15.2 Å². The van der Waals surface area contributed by atoms with E-state index in [0.717, 1.165) is 44.8 Å². The van der Waals surface area contributed by atoms with Gasteiger partial charge in [-0.2, -0.15) is 0 Å². The van der Waals surface area contributed by atoms with Crippen molar-refractivity contribution in [2.45, 2.75) is 11.8 Å². The molecular formula is C26H28N4O4S2. The lowest BCUT2D eigenvalue weighted by Crippen LogP contribution is -2.42. The quantitative estimate of drug-likeness (QED) is 0.504. The van der Waals surface area contributed by atoms with Crippen LogP contribution in [0.1, 0.15) is 26.4 Å². The molecule has 3 aromatic rings. The first kappa shape index (κ1) is 24.5. The fourth-order valence-corrected chi connectivity index (χ4v) is 6.51. The molecule has 3 heterocycles. The number of thiazole rings is 1. The summed E-state index contributed by atoms with van der Waals surface area (Å²) < 4.78 is 11.0. The molecule has 1 atom stereocenters. The minimum atomic E-state index is -0.169. The summed E-state index contributed by atoms with van der Waals surface area (Å²) in [5.74, 6) is 2.04. The lowest BCUT2D eigenvalue weighted by Gasteiger charge is -2.24. The highest BCUT2D eigenvalue weighted by Gasteiger charge is 2.34. The largest absolute Gasteiger partial charge is 0.497 e. The first-order valence-electron chi connectivity index (χ1n) is 11.7. The average molecular weight is 525 g/mol. The molecule has 1 unspecified atom stereocenters. The van der Waals surface area contributed by atoms with Crippen LogP contribution in [-0.2, 0) is 6.42 Å². The number of ether oxygens (including phenoxy) is 2. The molecule has 1 aromatic heterocycles. The van der Waals surface area contributed by atoms with Crippen LogP contribution in [0.2, 0.25) is 0 Å². The van der Waals surface area contributed by atoms with Crippen molar-refractivity contribution in [2.75, 3.05) is 51.6 Å². The molecule has 5 rings (SSSR count).